The second-order valence-corrected chi connectivity index (χ2v) is 8.43. The number of aliphatic imine (C=N–C) groups is 1. The first-order valence-corrected chi connectivity index (χ1v) is 11.4. The lowest BCUT2D eigenvalue weighted by molar-refractivity contribution is -0.127. The van der Waals surface area contributed by atoms with Crippen molar-refractivity contribution < 1.29 is 19.1 Å². The highest BCUT2D eigenvalue weighted by molar-refractivity contribution is 6.43. The van der Waals surface area contributed by atoms with E-state index in [1.54, 1.807) is 46.9 Å². The maximum atomic E-state index is 13.3. The van der Waals surface area contributed by atoms with Gasteiger partial charge in [0.2, 0.25) is 0 Å². The highest BCUT2D eigenvalue weighted by Crippen LogP contribution is 2.32. The number of piperazine rings is 1. The van der Waals surface area contributed by atoms with E-state index in [4.69, 9.17) is 9.47 Å². The predicted molar refractivity (Wildman–Crippen MR) is 130 cm³/mol. The monoisotopic (exact) mass is 474 g/mol. The number of carbonyl (C=O) groups excluding carboxylic acids is 2. The van der Waals surface area contributed by atoms with Crippen LogP contribution in [0, 0.1) is 0 Å². The molecular formula is C25H26N6O4. The first kappa shape index (κ1) is 22.6. The Hall–Kier alpha value is -4.21. The Morgan fingerprint density at radius 2 is 1.86 bits per heavy atom. The van der Waals surface area contributed by atoms with E-state index in [1.807, 2.05) is 37.3 Å². The number of benzene rings is 1. The van der Waals surface area contributed by atoms with Gasteiger partial charge in [-0.2, -0.15) is 5.10 Å². The van der Waals surface area contributed by atoms with Gasteiger partial charge in [0.05, 0.1) is 26.5 Å². The van der Waals surface area contributed by atoms with Gasteiger partial charge in [-0.1, -0.05) is 6.08 Å². The minimum Gasteiger partial charge on any atom is -0.493 e. The van der Waals surface area contributed by atoms with Gasteiger partial charge in [0.1, 0.15) is 5.71 Å². The molecule has 2 aromatic heterocycles. The van der Waals surface area contributed by atoms with Gasteiger partial charge in [-0.15, -0.1) is 0 Å². The van der Waals surface area contributed by atoms with Crippen molar-refractivity contribution >= 4 is 23.2 Å². The summed E-state index contributed by atoms with van der Waals surface area (Å²) in [7, 11) is 3.17. The summed E-state index contributed by atoms with van der Waals surface area (Å²) in [5.74, 6) is 0.945. The number of methoxy groups -OCH3 is 2. The minimum atomic E-state index is -0.189. The van der Waals surface area contributed by atoms with Crippen LogP contribution < -0.4 is 9.47 Å². The second-order valence-electron chi connectivity index (χ2n) is 8.43. The lowest BCUT2D eigenvalue weighted by atomic mass is 10.1. The Morgan fingerprint density at radius 1 is 1.03 bits per heavy atom. The number of fused-ring (bicyclic) bond motifs is 1. The Morgan fingerprint density at radius 3 is 2.57 bits per heavy atom. The summed E-state index contributed by atoms with van der Waals surface area (Å²) in [6.45, 7) is 3.78. The van der Waals surface area contributed by atoms with Gasteiger partial charge in [0.15, 0.2) is 22.8 Å². The van der Waals surface area contributed by atoms with E-state index in [1.165, 1.54) is 0 Å². The van der Waals surface area contributed by atoms with Gasteiger partial charge in [0, 0.05) is 43.5 Å². The van der Waals surface area contributed by atoms with Crippen molar-refractivity contribution in [2.24, 2.45) is 4.99 Å². The minimum absolute atomic E-state index is 0.0881. The number of carbonyl (C=O) groups is 2. The van der Waals surface area contributed by atoms with Crippen LogP contribution in [0.5, 0.6) is 11.5 Å². The SMILES string of the molecule is COc1ccc(-c2ccnc3cc(C(=O)N4CCN(C(=O)C5=NCC=C5)[C@@H](C)C4)nn23)cc1OC. The Labute approximate surface area is 202 Å². The molecule has 0 N–H and O–H groups in total. The lowest BCUT2D eigenvalue weighted by Crippen LogP contribution is -2.56. The number of nitrogens with zero attached hydrogens (tertiary/aromatic N) is 6. The number of ether oxygens (including phenoxy) is 2. The van der Waals surface area contributed by atoms with Gasteiger partial charge < -0.3 is 19.3 Å². The summed E-state index contributed by atoms with van der Waals surface area (Å²) in [6.07, 6.45) is 5.31. The van der Waals surface area contributed by atoms with E-state index in [0.717, 1.165) is 11.3 Å². The fraction of sp³-hybridized carbons (Fsp3) is 0.320. The number of hydrogen-bond acceptors (Lipinski definition) is 7. The zero-order valence-corrected chi connectivity index (χ0v) is 19.8. The van der Waals surface area contributed by atoms with Crippen LogP contribution in [0.4, 0.5) is 0 Å². The summed E-state index contributed by atoms with van der Waals surface area (Å²) in [5.41, 5.74) is 2.96. The number of hydrogen-bond donors (Lipinski definition) is 0. The molecule has 10 heteroatoms. The normalized spacial score (nSPS) is 17.6. The largest absolute Gasteiger partial charge is 0.493 e. The van der Waals surface area contributed by atoms with Crippen LogP contribution in [0.3, 0.4) is 0 Å². The summed E-state index contributed by atoms with van der Waals surface area (Å²) in [5, 5.41) is 4.59. The Bertz CT molecular complexity index is 1360. The van der Waals surface area contributed by atoms with Crippen LogP contribution in [0.25, 0.3) is 16.9 Å². The van der Waals surface area contributed by atoms with Crippen LogP contribution in [0.2, 0.25) is 0 Å². The zero-order chi connectivity index (χ0) is 24.5. The van der Waals surface area contributed by atoms with Gasteiger partial charge in [-0.25, -0.2) is 9.50 Å². The van der Waals surface area contributed by atoms with Gasteiger partial charge in [-0.3, -0.25) is 14.6 Å². The highest BCUT2D eigenvalue weighted by Gasteiger charge is 2.32. The van der Waals surface area contributed by atoms with E-state index < -0.39 is 0 Å². The summed E-state index contributed by atoms with van der Waals surface area (Å²) >= 11 is 0. The van der Waals surface area contributed by atoms with Crippen molar-refractivity contribution in [2.75, 3.05) is 40.4 Å². The zero-order valence-electron chi connectivity index (χ0n) is 19.8. The molecule has 0 spiro atoms. The van der Waals surface area contributed by atoms with Crippen molar-refractivity contribution in [1.29, 1.82) is 0 Å². The fourth-order valence-corrected chi connectivity index (χ4v) is 4.47. The van der Waals surface area contributed by atoms with Crippen LogP contribution in [0.1, 0.15) is 17.4 Å². The molecule has 5 rings (SSSR count). The molecule has 4 heterocycles. The molecule has 0 bridgehead atoms. The second kappa shape index (κ2) is 9.21. The van der Waals surface area contributed by atoms with Crippen molar-refractivity contribution in [1.82, 2.24) is 24.4 Å². The van der Waals surface area contributed by atoms with E-state index in [0.29, 0.717) is 54.7 Å². The fourth-order valence-electron chi connectivity index (χ4n) is 4.47. The molecule has 180 valence electrons. The molecule has 2 amide bonds. The third-order valence-electron chi connectivity index (χ3n) is 6.29. The molecule has 10 nitrogen and oxygen atoms in total. The van der Waals surface area contributed by atoms with E-state index >= 15 is 0 Å². The lowest BCUT2D eigenvalue weighted by Gasteiger charge is -2.39. The summed E-state index contributed by atoms with van der Waals surface area (Å²) in [6, 6.07) is 8.98. The third-order valence-corrected chi connectivity index (χ3v) is 6.29. The molecule has 0 radical (unpaired) electrons. The van der Waals surface area contributed by atoms with Crippen LogP contribution in [-0.2, 0) is 4.79 Å². The predicted octanol–water partition coefficient (Wildman–Crippen LogP) is 2.10. The maximum absolute atomic E-state index is 13.3. The summed E-state index contributed by atoms with van der Waals surface area (Å²) in [4.78, 5) is 38.2. The van der Waals surface area contributed by atoms with Crippen molar-refractivity contribution in [3.05, 3.63) is 54.4 Å². The molecule has 0 saturated carbocycles. The van der Waals surface area contributed by atoms with E-state index in [2.05, 4.69) is 15.1 Å². The van der Waals surface area contributed by atoms with Gasteiger partial charge in [-0.05, 0) is 37.3 Å². The van der Waals surface area contributed by atoms with Crippen molar-refractivity contribution in [2.45, 2.75) is 13.0 Å². The number of aromatic nitrogens is 3. The first-order chi connectivity index (χ1) is 17.0. The Kier molecular flexibility index (Phi) is 5.94. The van der Waals surface area contributed by atoms with Crippen LogP contribution >= 0.6 is 0 Å². The quantitative estimate of drug-likeness (QED) is 0.561. The average molecular weight is 475 g/mol. The average Bonchev–Trinajstić information content (AvgIpc) is 3.57. The smallest absolute Gasteiger partial charge is 0.274 e. The van der Waals surface area contributed by atoms with E-state index in [-0.39, 0.29) is 17.9 Å². The third kappa shape index (κ3) is 4.11. The molecule has 2 aliphatic rings. The molecule has 1 saturated heterocycles. The first-order valence-electron chi connectivity index (χ1n) is 11.4. The molecular weight excluding hydrogens is 448 g/mol. The van der Waals surface area contributed by atoms with Gasteiger partial charge >= 0.3 is 0 Å². The molecule has 0 unspecified atom stereocenters. The molecule has 3 aromatic rings. The topological polar surface area (TPSA) is 102 Å². The molecule has 2 aliphatic heterocycles. The van der Waals surface area contributed by atoms with E-state index in [9.17, 15) is 9.59 Å². The van der Waals surface area contributed by atoms with Crippen LogP contribution in [0.15, 0.2) is 53.7 Å². The number of rotatable bonds is 5. The number of amides is 2. The van der Waals surface area contributed by atoms with Gasteiger partial charge in [0.25, 0.3) is 11.8 Å². The molecule has 1 aromatic carbocycles. The van der Waals surface area contributed by atoms with Crippen molar-refractivity contribution in [3.63, 3.8) is 0 Å². The highest BCUT2D eigenvalue weighted by atomic mass is 16.5. The summed E-state index contributed by atoms with van der Waals surface area (Å²) < 4.78 is 12.4. The maximum Gasteiger partial charge on any atom is 0.274 e. The molecule has 1 atom stereocenters. The van der Waals surface area contributed by atoms with Crippen LogP contribution in [-0.4, -0.2) is 88.4 Å². The standard InChI is InChI=1S/C25H26N6O4/c1-16-15-29(11-12-30(16)25(33)18-5-4-9-26-18)24(32)19-14-23-27-10-8-20(31(23)28-19)17-6-7-21(34-2)22(13-17)35-3/h4-8,10,13-14,16H,9,11-12,15H2,1-3H3/t16-/m0/s1. The molecule has 35 heavy (non-hydrogen) atoms. The molecule has 1 fully saturated rings. The van der Waals surface area contributed by atoms with Crippen molar-refractivity contribution in [3.8, 4) is 22.8 Å². The molecule has 0 aliphatic carbocycles. The Balaban J connectivity index is 1.38.